The molecule has 0 radical (unpaired) electrons. The standard InChI is InChI=1S/C22H12Br2Cl2FNO/c23-16-8-14(7-15(11-28)19-5-4-17(25)10-21(19)26)22(20(24)9-16)29-12-13-2-1-3-18(27)6-13/h1-10H,12H2/b15-7+. The van der Waals surface area contributed by atoms with Crippen LogP contribution in [0.25, 0.3) is 11.6 Å². The van der Waals surface area contributed by atoms with Gasteiger partial charge in [0.15, 0.2) is 0 Å². The van der Waals surface area contributed by atoms with Gasteiger partial charge in [0.05, 0.1) is 21.1 Å². The van der Waals surface area contributed by atoms with E-state index < -0.39 is 0 Å². The molecule has 29 heavy (non-hydrogen) atoms. The first-order chi connectivity index (χ1) is 13.9. The van der Waals surface area contributed by atoms with Crippen LogP contribution in [0, 0.1) is 17.1 Å². The predicted octanol–water partition coefficient (Wildman–Crippen LogP) is 8.30. The van der Waals surface area contributed by atoms with E-state index in [4.69, 9.17) is 27.9 Å². The number of hydrogen-bond donors (Lipinski definition) is 0. The summed E-state index contributed by atoms with van der Waals surface area (Å²) < 4.78 is 20.9. The highest BCUT2D eigenvalue weighted by molar-refractivity contribution is 9.11. The fourth-order valence-electron chi connectivity index (χ4n) is 2.66. The lowest BCUT2D eigenvalue weighted by Gasteiger charge is -2.13. The maximum Gasteiger partial charge on any atom is 0.141 e. The van der Waals surface area contributed by atoms with Crippen molar-refractivity contribution in [1.82, 2.24) is 0 Å². The van der Waals surface area contributed by atoms with E-state index >= 15 is 0 Å². The number of allylic oxidation sites excluding steroid dienone is 1. The van der Waals surface area contributed by atoms with E-state index in [9.17, 15) is 9.65 Å². The summed E-state index contributed by atoms with van der Waals surface area (Å²) in [6, 6.07) is 17.0. The van der Waals surface area contributed by atoms with Crippen LogP contribution in [-0.2, 0) is 6.61 Å². The average molecular weight is 556 g/mol. The van der Waals surface area contributed by atoms with Gasteiger partial charge in [-0.2, -0.15) is 5.26 Å². The van der Waals surface area contributed by atoms with Gasteiger partial charge in [-0.15, -0.1) is 0 Å². The maximum absolute atomic E-state index is 13.4. The fourth-order valence-corrected chi connectivity index (χ4v) is 4.54. The molecular formula is C22H12Br2Cl2FNO. The van der Waals surface area contributed by atoms with Gasteiger partial charge >= 0.3 is 0 Å². The van der Waals surface area contributed by atoms with Crippen LogP contribution in [0.3, 0.4) is 0 Å². The summed E-state index contributed by atoms with van der Waals surface area (Å²) in [5.41, 5.74) is 2.26. The summed E-state index contributed by atoms with van der Waals surface area (Å²) in [4.78, 5) is 0. The SMILES string of the molecule is N#C/C(=C\c1cc(Br)cc(Br)c1OCc1cccc(F)c1)c1ccc(Cl)cc1Cl. The summed E-state index contributed by atoms with van der Waals surface area (Å²) in [6.07, 6.45) is 1.69. The molecule has 146 valence electrons. The fraction of sp³-hybridized carbons (Fsp3) is 0.0455. The van der Waals surface area contributed by atoms with Gasteiger partial charge in [0.1, 0.15) is 18.2 Å². The van der Waals surface area contributed by atoms with E-state index in [1.54, 1.807) is 36.4 Å². The lowest BCUT2D eigenvalue weighted by molar-refractivity contribution is 0.303. The molecule has 3 rings (SSSR count). The number of benzene rings is 3. The molecule has 0 aliphatic rings. The van der Waals surface area contributed by atoms with Crippen molar-refractivity contribution in [1.29, 1.82) is 5.26 Å². The highest BCUT2D eigenvalue weighted by atomic mass is 79.9. The summed E-state index contributed by atoms with van der Waals surface area (Å²) in [5, 5.41) is 10.5. The Morgan fingerprint density at radius 2 is 1.90 bits per heavy atom. The topological polar surface area (TPSA) is 33.0 Å². The van der Waals surface area contributed by atoms with Crippen molar-refractivity contribution in [3.8, 4) is 11.8 Å². The van der Waals surface area contributed by atoms with Gasteiger partial charge in [0, 0.05) is 20.6 Å². The van der Waals surface area contributed by atoms with Crippen LogP contribution in [0.4, 0.5) is 4.39 Å². The van der Waals surface area contributed by atoms with Crippen molar-refractivity contribution in [3.05, 3.63) is 96.1 Å². The molecule has 0 spiro atoms. The van der Waals surface area contributed by atoms with Gasteiger partial charge in [-0.3, -0.25) is 0 Å². The molecule has 0 aliphatic carbocycles. The molecule has 0 aromatic heterocycles. The van der Waals surface area contributed by atoms with E-state index in [0.29, 0.717) is 42.5 Å². The molecule has 0 saturated carbocycles. The Bertz CT molecular complexity index is 1140. The maximum atomic E-state index is 13.4. The van der Waals surface area contributed by atoms with Gasteiger partial charge in [-0.25, -0.2) is 4.39 Å². The third-order valence-corrected chi connectivity index (χ3v) is 5.55. The number of nitriles is 1. The van der Waals surface area contributed by atoms with Crippen molar-refractivity contribution in [3.63, 3.8) is 0 Å². The molecule has 0 heterocycles. The van der Waals surface area contributed by atoms with Crippen molar-refractivity contribution in [2.45, 2.75) is 6.61 Å². The van der Waals surface area contributed by atoms with Gasteiger partial charge in [-0.1, -0.05) is 57.3 Å². The second kappa shape index (κ2) is 9.77. The van der Waals surface area contributed by atoms with Crippen LogP contribution in [-0.4, -0.2) is 0 Å². The van der Waals surface area contributed by atoms with Crippen molar-refractivity contribution in [2.24, 2.45) is 0 Å². The van der Waals surface area contributed by atoms with Crippen LogP contribution in [0.2, 0.25) is 10.0 Å². The van der Waals surface area contributed by atoms with Gasteiger partial charge in [0.25, 0.3) is 0 Å². The third kappa shape index (κ3) is 5.61. The van der Waals surface area contributed by atoms with E-state index in [1.807, 2.05) is 12.1 Å². The number of nitrogens with zero attached hydrogens (tertiary/aromatic N) is 1. The number of hydrogen-bond acceptors (Lipinski definition) is 2. The summed E-state index contributed by atoms with van der Waals surface area (Å²) in [5.74, 6) is 0.195. The Kier molecular flexibility index (Phi) is 7.37. The Morgan fingerprint density at radius 1 is 1.10 bits per heavy atom. The molecule has 3 aromatic carbocycles. The Balaban J connectivity index is 2.01. The summed E-state index contributed by atoms with van der Waals surface area (Å²) in [6.45, 7) is 0.169. The minimum absolute atomic E-state index is 0.169. The van der Waals surface area contributed by atoms with Crippen LogP contribution < -0.4 is 4.74 Å². The largest absolute Gasteiger partial charge is 0.487 e. The normalized spacial score (nSPS) is 11.2. The minimum atomic E-state index is -0.328. The summed E-state index contributed by atoms with van der Waals surface area (Å²) in [7, 11) is 0. The predicted molar refractivity (Wildman–Crippen MR) is 123 cm³/mol. The molecule has 0 fully saturated rings. The van der Waals surface area contributed by atoms with Gasteiger partial charge < -0.3 is 4.74 Å². The van der Waals surface area contributed by atoms with Gasteiger partial charge in [-0.05, 0) is 64.0 Å². The zero-order valence-corrected chi connectivity index (χ0v) is 19.4. The highest BCUT2D eigenvalue weighted by Gasteiger charge is 2.13. The second-order valence-electron chi connectivity index (χ2n) is 6.02. The molecule has 0 bridgehead atoms. The lowest BCUT2D eigenvalue weighted by atomic mass is 10.0. The molecule has 0 aliphatic heterocycles. The monoisotopic (exact) mass is 553 g/mol. The molecular weight excluding hydrogens is 544 g/mol. The van der Waals surface area contributed by atoms with E-state index in [1.165, 1.54) is 12.1 Å². The highest BCUT2D eigenvalue weighted by Crippen LogP contribution is 2.37. The van der Waals surface area contributed by atoms with E-state index in [0.717, 1.165) is 4.47 Å². The molecule has 7 heteroatoms. The van der Waals surface area contributed by atoms with E-state index in [2.05, 4.69) is 37.9 Å². The van der Waals surface area contributed by atoms with Crippen molar-refractivity contribution in [2.75, 3.05) is 0 Å². The van der Waals surface area contributed by atoms with Crippen molar-refractivity contribution < 1.29 is 9.13 Å². The molecule has 0 N–H and O–H groups in total. The molecule has 0 unspecified atom stereocenters. The molecule has 3 aromatic rings. The van der Waals surface area contributed by atoms with Crippen LogP contribution in [0.5, 0.6) is 5.75 Å². The minimum Gasteiger partial charge on any atom is -0.487 e. The zero-order valence-electron chi connectivity index (χ0n) is 14.7. The molecule has 0 saturated heterocycles. The Morgan fingerprint density at radius 3 is 2.59 bits per heavy atom. The molecule has 0 atom stereocenters. The van der Waals surface area contributed by atoms with Crippen LogP contribution in [0.1, 0.15) is 16.7 Å². The smallest absolute Gasteiger partial charge is 0.141 e. The van der Waals surface area contributed by atoms with E-state index in [-0.39, 0.29) is 12.4 Å². The molecule has 2 nitrogen and oxygen atoms in total. The second-order valence-corrected chi connectivity index (χ2v) is 8.63. The number of rotatable bonds is 5. The van der Waals surface area contributed by atoms with Crippen LogP contribution >= 0.6 is 55.1 Å². The summed E-state index contributed by atoms with van der Waals surface area (Å²) >= 11 is 19.2. The van der Waals surface area contributed by atoms with Crippen molar-refractivity contribution >= 4 is 66.7 Å². The molecule has 0 amide bonds. The van der Waals surface area contributed by atoms with Gasteiger partial charge in [0.2, 0.25) is 0 Å². The Labute approximate surface area is 194 Å². The zero-order chi connectivity index (χ0) is 21.0. The Hall–Kier alpha value is -1.84. The first kappa shape index (κ1) is 21.9. The number of ether oxygens (including phenoxy) is 1. The first-order valence-electron chi connectivity index (χ1n) is 8.31. The quantitative estimate of drug-likeness (QED) is 0.234. The third-order valence-electron chi connectivity index (χ3n) is 3.95. The first-order valence-corrected chi connectivity index (χ1v) is 10.6. The lowest BCUT2D eigenvalue weighted by Crippen LogP contribution is -1.99. The van der Waals surface area contributed by atoms with Crippen LogP contribution in [0.15, 0.2) is 63.5 Å². The number of halogens is 5. The average Bonchev–Trinajstić information content (AvgIpc) is 2.66.